The highest BCUT2D eigenvalue weighted by Gasteiger charge is 2.05. The van der Waals surface area contributed by atoms with Crippen molar-refractivity contribution in [1.29, 1.82) is 0 Å². The first kappa shape index (κ1) is 8.49. The highest BCUT2D eigenvalue weighted by Crippen LogP contribution is 2.07. The maximum absolute atomic E-state index is 12.6. The number of tetrazole rings is 1. The molecule has 0 aliphatic carbocycles. The van der Waals surface area contributed by atoms with Crippen molar-refractivity contribution in [2.45, 2.75) is 0 Å². The summed E-state index contributed by atoms with van der Waals surface area (Å²) in [6, 6.07) is 5.51. The summed E-state index contributed by atoms with van der Waals surface area (Å²) in [6.07, 6.45) is 0.531. The zero-order valence-electron chi connectivity index (χ0n) is 6.96. The van der Waals surface area contributed by atoms with E-state index in [1.165, 1.54) is 28.9 Å². The number of aromatic nitrogens is 4. The van der Waals surface area contributed by atoms with Crippen molar-refractivity contribution >= 4 is 6.29 Å². The van der Waals surface area contributed by atoms with Gasteiger partial charge >= 0.3 is 0 Å². The molecule has 0 unspecified atom stereocenters. The van der Waals surface area contributed by atoms with Crippen LogP contribution in [0, 0.1) is 5.82 Å². The van der Waals surface area contributed by atoms with Crippen molar-refractivity contribution < 1.29 is 9.18 Å². The first-order valence-electron chi connectivity index (χ1n) is 3.81. The van der Waals surface area contributed by atoms with E-state index in [1.54, 1.807) is 0 Å². The topological polar surface area (TPSA) is 60.7 Å². The Kier molecular flexibility index (Phi) is 2.02. The molecular formula is C8H5FN4O. The summed E-state index contributed by atoms with van der Waals surface area (Å²) >= 11 is 0. The van der Waals surface area contributed by atoms with Gasteiger partial charge in [-0.1, -0.05) is 0 Å². The van der Waals surface area contributed by atoms with Crippen molar-refractivity contribution in [3.63, 3.8) is 0 Å². The summed E-state index contributed by atoms with van der Waals surface area (Å²) in [4.78, 5) is 10.5. The zero-order valence-corrected chi connectivity index (χ0v) is 6.96. The maximum atomic E-state index is 12.6. The Morgan fingerprint density at radius 2 is 2.00 bits per heavy atom. The Morgan fingerprint density at radius 1 is 1.29 bits per heavy atom. The minimum atomic E-state index is -0.352. The number of hydrogen-bond acceptors (Lipinski definition) is 4. The van der Waals surface area contributed by atoms with E-state index >= 15 is 0 Å². The third-order valence-electron chi connectivity index (χ3n) is 1.67. The number of carbonyl (C=O) groups excluding carboxylic acids is 1. The summed E-state index contributed by atoms with van der Waals surface area (Å²) in [5.74, 6) is -0.272. The SMILES string of the molecule is O=Cc1nnnn1-c1ccc(F)cc1. The molecule has 0 aliphatic rings. The third-order valence-corrected chi connectivity index (χ3v) is 1.67. The minimum Gasteiger partial charge on any atom is -0.294 e. The predicted octanol–water partition coefficient (Wildman–Crippen LogP) is 0.614. The van der Waals surface area contributed by atoms with Crippen LogP contribution in [0.2, 0.25) is 0 Å². The van der Waals surface area contributed by atoms with Crippen LogP contribution in [0.25, 0.3) is 5.69 Å². The molecule has 14 heavy (non-hydrogen) atoms. The van der Waals surface area contributed by atoms with E-state index in [0.29, 0.717) is 12.0 Å². The Labute approximate surface area is 78.2 Å². The molecule has 0 saturated heterocycles. The van der Waals surface area contributed by atoms with Gasteiger partial charge < -0.3 is 0 Å². The zero-order chi connectivity index (χ0) is 9.97. The van der Waals surface area contributed by atoms with Gasteiger partial charge in [0.1, 0.15) is 5.82 Å². The second-order valence-corrected chi connectivity index (χ2v) is 2.54. The Balaban J connectivity index is 2.49. The van der Waals surface area contributed by atoms with Crippen LogP contribution in [0.4, 0.5) is 4.39 Å². The molecule has 6 heteroatoms. The van der Waals surface area contributed by atoms with E-state index in [9.17, 15) is 9.18 Å². The average molecular weight is 192 g/mol. The molecular weight excluding hydrogens is 187 g/mol. The average Bonchev–Trinajstić information content (AvgIpc) is 2.67. The molecule has 70 valence electrons. The van der Waals surface area contributed by atoms with Gasteiger partial charge in [-0.2, -0.15) is 4.68 Å². The van der Waals surface area contributed by atoms with Gasteiger partial charge in [-0.3, -0.25) is 4.79 Å². The molecule has 1 aromatic heterocycles. The standard InChI is InChI=1S/C8H5FN4O/c9-6-1-3-7(4-2-6)13-8(5-14)10-11-12-13/h1-5H. The van der Waals surface area contributed by atoms with Gasteiger partial charge in [0.2, 0.25) is 5.82 Å². The lowest BCUT2D eigenvalue weighted by atomic mass is 10.3. The van der Waals surface area contributed by atoms with E-state index in [2.05, 4.69) is 15.5 Å². The van der Waals surface area contributed by atoms with E-state index in [0.717, 1.165) is 0 Å². The van der Waals surface area contributed by atoms with E-state index in [4.69, 9.17) is 0 Å². The fourth-order valence-corrected chi connectivity index (χ4v) is 1.03. The fourth-order valence-electron chi connectivity index (χ4n) is 1.03. The lowest BCUT2D eigenvalue weighted by molar-refractivity contribution is 0.111. The minimum absolute atomic E-state index is 0.0802. The molecule has 0 amide bonds. The number of carbonyl (C=O) groups is 1. The molecule has 2 aromatic rings. The van der Waals surface area contributed by atoms with Gasteiger partial charge in [-0.25, -0.2) is 4.39 Å². The van der Waals surface area contributed by atoms with E-state index in [1.807, 2.05) is 0 Å². The molecule has 5 nitrogen and oxygen atoms in total. The summed E-state index contributed by atoms with van der Waals surface area (Å²) in [6.45, 7) is 0. The van der Waals surface area contributed by atoms with Gasteiger partial charge in [0.25, 0.3) is 0 Å². The molecule has 0 fully saturated rings. The molecule has 2 rings (SSSR count). The molecule has 0 saturated carbocycles. The van der Waals surface area contributed by atoms with E-state index < -0.39 is 0 Å². The van der Waals surface area contributed by atoms with Crippen LogP contribution in [0.1, 0.15) is 10.6 Å². The van der Waals surface area contributed by atoms with Crippen molar-refractivity contribution in [1.82, 2.24) is 20.2 Å². The fraction of sp³-hybridized carbons (Fsp3) is 0. The van der Waals surface area contributed by atoms with Crippen molar-refractivity contribution in [3.8, 4) is 5.69 Å². The second kappa shape index (κ2) is 3.33. The molecule has 0 bridgehead atoms. The van der Waals surface area contributed by atoms with Crippen LogP contribution in [0.3, 0.4) is 0 Å². The first-order valence-corrected chi connectivity index (χ1v) is 3.81. The van der Waals surface area contributed by atoms with Gasteiger partial charge in [0, 0.05) is 0 Å². The molecule has 0 spiro atoms. The Bertz CT molecular complexity index is 451. The quantitative estimate of drug-likeness (QED) is 0.654. The smallest absolute Gasteiger partial charge is 0.219 e. The molecule has 0 N–H and O–H groups in total. The van der Waals surface area contributed by atoms with Crippen molar-refractivity contribution in [2.24, 2.45) is 0 Å². The normalized spacial score (nSPS) is 10.1. The lowest BCUT2D eigenvalue weighted by Gasteiger charge is -1.99. The van der Waals surface area contributed by atoms with Gasteiger partial charge in [-0.05, 0) is 34.7 Å². The highest BCUT2D eigenvalue weighted by atomic mass is 19.1. The number of aldehydes is 1. The van der Waals surface area contributed by atoms with Crippen LogP contribution in [0.15, 0.2) is 24.3 Å². The lowest BCUT2D eigenvalue weighted by Crippen LogP contribution is -2.01. The summed E-state index contributed by atoms with van der Waals surface area (Å²) in [7, 11) is 0. The number of hydrogen-bond donors (Lipinski definition) is 0. The Morgan fingerprint density at radius 3 is 2.64 bits per heavy atom. The van der Waals surface area contributed by atoms with E-state index in [-0.39, 0.29) is 11.6 Å². The van der Waals surface area contributed by atoms with Gasteiger partial charge in [0.15, 0.2) is 6.29 Å². The number of nitrogens with zero attached hydrogens (tertiary/aromatic N) is 4. The van der Waals surface area contributed by atoms with Crippen LogP contribution in [-0.2, 0) is 0 Å². The molecule has 0 atom stereocenters. The number of benzene rings is 1. The number of halogens is 1. The molecule has 1 heterocycles. The van der Waals surface area contributed by atoms with Crippen LogP contribution in [-0.4, -0.2) is 26.5 Å². The van der Waals surface area contributed by atoms with Crippen LogP contribution >= 0.6 is 0 Å². The Hall–Kier alpha value is -2.11. The third kappa shape index (κ3) is 1.37. The largest absolute Gasteiger partial charge is 0.294 e. The first-order chi connectivity index (χ1) is 6.81. The monoisotopic (exact) mass is 192 g/mol. The molecule has 1 aromatic carbocycles. The molecule has 0 radical (unpaired) electrons. The summed E-state index contributed by atoms with van der Waals surface area (Å²) in [5, 5.41) is 10.4. The van der Waals surface area contributed by atoms with Gasteiger partial charge in [0.05, 0.1) is 5.69 Å². The highest BCUT2D eigenvalue weighted by molar-refractivity contribution is 5.69. The second-order valence-electron chi connectivity index (χ2n) is 2.54. The van der Waals surface area contributed by atoms with Crippen LogP contribution in [0.5, 0.6) is 0 Å². The van der Waals surface area contributed by atoms with Crippen LogP contribution < -0.4 is 0 Å². The predicted molar refractivity (Wildman–Crippen MR) is 44.5 cm³/mol. The maximum Gasteiger partial charge on any atom is 0.219 e. The van der Waals surface area contributed by atoms with Gasteiger partial charge in [-0.15, -0.1) is 5.10 Å². The summed E-state index contributed by atoms with van der Waals surface area (Å²) < 4.78 is 13.8. The van der Waals surface area contributed by atoms with Crippen molar-refractivity contribution in [2.75, 3.05) is 0 Å². The molecule has 0 aliphatic heterocycles. The number of rotatable bonds is 2. The van der Waals surface area contributed by atoms with Crippen molar-refractivity contribution in [3.05, 3.63) is 35.9 Å². The summed E-state index contributed by atoms with van der Waals surface area (Å²) in [5.41, 5.74) is 0.540.